The molecule has 2 heterocycles. The summed E-state index contributed by atoms with van der Waals surface area (Å²) in [6, 6.07) is 10.7. The van der Waals surface area contributed by atoms with Gasteiger partial charge in [0.25, 0.3) is 0 Å². The molecule has 0 bridgehead atoms. The zero-order valence-corrected chi connectivity index (χ0v) is 13.5. The van der Waals surface area contributed by atoms with E-state index in [9.17, 15) is 9.59 Å². The molecule has 2 aliphatic rings. The maximum atomic E-state index is 12.4. The van der Waals surface area contributed by atoms with Crippen molar-refractivity contribution in [2.24, 2.45) is 0 Å². The van der Waals surface area contributed by atoms with E-state index in [1.165, 1.54) is 5.56 Å². The molecule has 23 heavy (non-hydrogen) atoms. The normalized spacial score (nSPS) is 23.5. The van der Waals surface area contributed by atoms with Crippen LogP contribution < -0.4 is 5.32 Å². The zero-order chi connectivity index (χ0) is 16.1. The highest BCUT2D eigenvalue weighted by atomic mass is 16.2. The van der Waals surface area contributed by atoms with Crippen LogP contribution in [-0.4, -0.2) is 60.4 Å². The summed E-state index contributed by atoms with van der Waals surface area (Å²) in [6.45, 7) is 3.73. The van der Waals surface area contributed by atoms with Crippen molar-refractivity contribution < 1.29 is 9.59 Å². The van der Waals surface area contributed by atoms with E-state index in [1.807, 2.05) is 23.1 Å². The minimum Gasteiger partial charge on any atom is -0.356 e. The fraction of sp³-hybridized carbons (Fsp3) is 0.556. The molecule has 0 aromatic heterocycles. The molecule has 0 aliphatic carbocycles. The summed E-state index contributed by atoms with van der Waals surface area (Å²) < 4.78 is 0. The molecule has 124 valence electrons. The van der Waals surface area contributed by atoms with Crippen molar-refractivity contribution in [3.05, 3.63) is 35.9 Å². The Morgan fingerprint density at radius 2 is 1.91 bits per heavy atom. The first-order valence-corrected chi connectivity index (χ1v) is 8.55. The third-order valence-electron chi connectivity index (χ3n) is 4.88. The largest absolute Gasteiger partial charge is 0.356 e. The number of hydrogen-bond acceptors (Lipinski definition) is 3. The summed E-state index contributed by atoms with van der Waals surface area (Å²) in [7, 11) is 0. The summed E-state index contributed by atoms with van der Waals surface area (Å²) in [5, 5.41) is 2.91. The maximum Gasteiger partial charge on any atom is 0.236 e. The van der Waals surface area contributed by atoms with Crippen molar-refractivity contribution in [3.8, 4) is 0 Å². The Morgan fingerprint density at radius 1 is 1.09 bits per heavy atom. The van der Waals surface area contributed by atoms with Gasteiger partial charge in [-0.25, -0.2) is 0 Å². The molecule has 1 unspecified atom stereocenters. The van der Waals surface area contributed by atoms with Gasteiger partial charge in [-0.3, -0.25) is 14.5 Å². The molecule has 2 amide bonds. The zero-order valence-electron chi connectivity index (χ0n) is 13.5. The Bertz CT molecular complexity index is 546. The average molecular weight is 315 g/mol. The maximum absolute atomic E-state index is 12.4. The number of piperazine rings is 1. The van der Waals surface area contributed by atoms with Crippen LogP contribution >= 0.6 is 0 Å². The quantitative estimate of drug-likeness (QED) is 0.903. The molecule has 1 aromatic carbocycles. The Kier molecular flexibility index (Phi) is 5.28. The first kappa shape index (κ1) is 16.0. The molecule has 5 nitrogen and oxygen atoms in total. The Morgan fingerprint density at radius 3 is 2.70 bits per heavy atom. The number of benzene rings is 1. The van der Waals surface area contributed by atoms with Crippen molar-refractivity contribution in [2.45, 2.75) is 31.7 Å². The lowest BCUT2D eigenvalue weighted by molar-refractivity contribution is -0.137. The molecule has 0 radical (unpaired) electrons. The number of hydrogen-bond donors (Lipinski definition) is 1. The fourth-order valence-electron chi connectivity index (χ4n) is 3.46. The molecule has 3 rings (SSSR count). The Labute approximate surface area is 137 Å². The summed E-state index contributed by atoms with van der Waals surface area (Å²) in [5.74, 6) is 0.357. The van der Waals surface area contributed by atoms with Crippen molar-refractivity contribution in [2.75, 3.05) is 32.7 Å². The van der Waals surface area contributed by atoms with Gasteiger partial charge >= 0.3 is 0 Å². The minimum atomic E-state index is 0.139. The molecule has 1 aromatic rings. The number of carbonyl (C=O) groups excluding carboxylic acids is 2. The summed E-state index contributed by atoms with van der Waals surface area (Å²) in [4.78, 5) is 28.1. The second kappa shape index (κ2) is 7.59. The Balaban J connectivity index is 1.49. The molecule has 0 spiro atoms. The second-order valence-corrected chi connectivity index (χ2v) is 6.42. The second-order valence-electron chi connectivity index (χ2n) is 6.42. The standard InChI is InChI=1S/C18H25N3O2/c22-17-7-6-16(8-10-19-17)21-13-12-20(18(23)14-21)11-9-15-4-2-1-3-5-15/h1-5,16H,6-14H2,(H,19,22). The smallest absolute Gasteiger partial charge is 0.236 e. The molecular weight excluding hydrogens is 290 g/mol. The topological polar surface area (TPSA) is 52.7 Å². The van der Waals surface area contributed by atoms with E-state index in [4.69, 9.17) is 0 Å². The molecular formula is C18H25N3O2. The van der Waals surface area contributed by atoms with Gasteiger partial charge in [-0.05, 0) is 24.8 Å². The predicted octanol–water partition coefficient (Wildman–Crippen LogP) is 1.04. The summed E-state index contributed by atoms with van der Waals surface area (Å²) in [5.41, 5.74) is 1.27. The lowest BCUT2D eigenvalue weighted by Gasteiger charge is -2.38. The van der Waals surface area contributed by atoms with E-state index in [0.29, 0.717) is 19.0 Å². The van der Waals surface area contributed by atoms with Gasteiger partial charge in [-0.2, -0.15) is 0 Å². The molecule has 2 fully saturated rings. The molecule has 5 heteroatoms. The highest BCUT2D eigenvalue weighted by Gasteiger charge is 2.29. The van der Waals surface area contributed by atoms with Crippen molar-refractivity contribution in [1.29, 1.82) is 0 Å². The van der Waals surface area contributed by atoms with Crippen molar-refractivity contribution in [1.82, 2.24) is 15.1 Å². The summed E-state index contributed by atoms with van der Waals surface area (Å²) >= 11 is 0. The number of carbonyl (C=O) groups is 2. The van der Waals surface area contributed by atoms with Gasteiger partial charge in [0.1, 0.15) is 0 Å². The van der Waals surface area contributed by atoms with Crippen LogP contribution in [0.5, 0.6) is 0 Å². The molecule has 0 saturated carbocycles. The lowest BCUT2D eigenvalue weighted by atomic mass is 10.1. The highest BCUT2D eigenvalue weighted by molar-refractivity contribution is 5.79. The number of amides is 2. The van der Waals surface area contributed by atoms with Crippen LogP contribution in [0.3, 0.4) is 0 Å². The van der Waals surface area contributed by atoms with E-state index in [-0.39, 0.29) is 11.8 Å². The van der Waals surface area contributed by atoms with Crippen LogP contribution in [0, 0.1) is 0 Å². The molecule has 2 aliphatic heterocycles. The highest BCUT2D eigenvalue weighted by Crippen LogP contribution is 2.17. The first-order chi connectivity index (χ1) is 11.2. The van der Waals surface area contributed by atoms with Crippen LogP contribution in [0.2, 0.25) is 0 Å². The van der Waals surface area contributed by atoms with Gasteiger partial charge < -0.3 is 10.2 Å². The van der Waals surface area contributed by atoms with Crippen LogP contribution in [0.25, 0.3) is 0 Å². The minimum absolute atomic E-state index is 0.139. The van der Waals surface area contributed by atoms with Crippen molar-refractivity contribution in [3.63, 3.8) is 0 Å². The van der Waals surface area contributed by atoms with E-state index in [1.54, 1.807) is 0 Å². The average Bonchev–Trinajstić information content (AvgIpc) is 2.79. The monoisotopic (exact) mass is 315 g/mol. The van der Waals surface area contributed by atoms with Crippen LogP contribution in [0.15, 0.2) is 30.3 Å². The van der Waals surface area contributed by atoms with E-state index >= 15 is 0 Å². The molecule has 2 saturated heterocycles. The van der Waals surface area contributed by atoms with Crippen LogP contribution in [0.4, 0.5) is 0 Å². The fourth-order valence-corrected chi connectivity index (χ4v) is 3.46. The van der Waals surface area contributed by atoms with Crippen LogP contribution in [0.1, 0.15) is 24.8 Å². The van der Waals surface area contributed by atoms with E-state index in [2.05, 4.69) is 22.3 Å². The van der Waals surface area contributed by atoms with Crippen LogP contribution in [-0.2, 0) is 16.0 Å². The summed E-state index contributed by atoms with van der Waals surface area (Å²) in [6.07, 6.45) is 3.30. The first-order valence-electron chi connectivity index (χ1n) is 8.55. The third-order valence-corrected chi connectivity index (χ3v) is 4.88. The van der Waals surface area contributed by atoms with Gasteiger partial charge in [0.15, 0.2) is 0 Å². The van der Waals surface area contributed by atoms with Gasteiger partial charge in [-0.15, -0.1) is 0 Å². The van der Waals surface area contributed by atoms with Crippen molar-refractivity contribution >= 4 is 11.8 Å². The van der Waals surface area contributed by atoms with Gasteiger partial charge in [0, 0.05) is 38.6 Å². The Hall–Kier alpha value is -1.88. The number of rotatable bonds is 4. The number of nitrogens with one attached hydrogen (secondary N) is 1. The SMILES string of the molecule is O=C1CCC(N2CCN(CCc3ccccc3)C(=O)C2)CCN1. The number of nitrogens with zero attached hydrogens (tertiary/aromatic N) is 2. The van der Waals surface area contributed by atoms with E-state index in [0.717, 1.165) is 45.4 Å². The van der Waals surface area contributed by atoms with Gasteiger partial charge in [-0.1, -0.05) is 30.3 Å². The van der Waals surface area contributed by atoms with Gasteiger partial charge in [0.05, 0.1) is 6.54 Å². The molecule has 1 N–H and O–H groups in total. The third kappa shape index (κ3) is 4.32. The molecule has 1 atom stereocenters. The van der Waals surface area contributed by atoms with E-state index < -0.39 is 0 Å². The predicted molar refractivity (Wildman–Crippen MR) is 88.9 cm³/mol. The lowest BCUT2D eigenvalue weighted by Crippen LogP contribution is -2.54. The van der Waals surface area contributed by atoms with Gasteiger partial charge in [0.2, 0.25) is 11.8 Å².